The van der Waals surface area contributed by atoms with Crippen LogP contribution >= 0.6 is 11.6 Å². The molecule has 2 heterocycles. The summed E-state index contributed by atoms with van der Waals surface area (Å²) in [5.74, 6) is 1.70. The maximum absolute atomic E-state index is 6.14. The van der Waals surface area contributed by atoms with Gasteiger partial charge in [-0.2, -0.15) is 5.10 Å². The van der Waals surface area contributed by atoms with E-state index in [1.165, 1.54) is 0 Å². The Morgan fingerprint density at radius 1 is 1.04 bits per heavy atom. The molecule has 3 N–H and O–H groups in total. The van der Waals surface area contributed by atoms with Gasteiger partial charge >= 0.3 is 0 Å². The zero-order valence-corrected chi connectivity index (χ0v) is 15.2. The van der Waals surface area contributed by atoms with Crippen LogP contribution in [0.5, 0.6) is 5.75 Å². The molecule has 0 radical (unpaired) electrons. The van der Waals surface area contributed by atoms with E-state index >= 15 is 0 Å². The molecule has 0 aliphatic heterocycles. The summed E-state index contributed by atoms with van der Waals surface area (Å²) < 4.78 is 5.38. The third kappa shape index (κ3) is 3.35. The maximum atomic E-state index is 6.14. The molecular weight excluding hydrogens is 362 g/mol. The highest BCUT2D eigenvalue weighted by molar-refractivity contribution is 6.33. The van der Waals surface area contributed by atoms with Crippen molar-refractivity contribution in [1.82, 2.24) is 20.2 Å². The van der Waals surface area contributed by atoms with Gasteiger partial charge in [-0.25, -0.2) is 4.98 Å². The predicted octanol–water partition coefficient (Wildman–Crippen LogP) is 4.44. The molecule has 0 saturated carbocycles. The van der Waals surface area contributed by atoms with Gasteiger partial charge in [0.25, 0.3) is 0 Å². The minimum absolute atomic E-state index is 0.434. The molecule has 0 aliphatic rings. The van der Waals surface area contributed by atoms with E-state index < -0.39 is 0 Å². The summed E-state index contributed by atoms with van der Waals surface area (Å²) in [7, 11) is 1.57. The van der Waals surface area contributed by atoms with Gasteiger partial charge in [-0.3, -0.25) is 10.1 Å². The van der Waals surface area contributed by atoms with Crippen LogP contribution in [-0.4, -0.2) is 27.3 Å². The fourth-order valence-electron chi connectivity index (χ4n) is 2.76. The number of pyridine rings is 1. The SMILES string of the molecule is COc1cc(N)c(Cl)cc1-c1nc(-c2ccc(-c3ccccn3)cc2)n[nH]1. The smallest absolute Gasteiger partial charge is 0.181 e. The van der Waals surface area contributed by atoms with Crippen molar-refractivity contribution in [2.45, 2.75) is 0 Å². The summed E-state index contributed by atoms with van der Waals surface area (Å²) in [5, 5.41) is 7.68. The van der Waals surface area contributed by atoms with Crippen molar-refractivity contribution >= 4 is 17.3 Å². The number of methoxy groups -OCH3 is 1. The molecule has 0 atom stereocenters. The molecule has 4 rings (SSSR count). The van der Waals surface area contributed by atoms with Gasteiger partial charge in [0.2, 0.25) is 0 Å². The third-order valence-electron chi connectivity index (χ3n) is 4.16. The van der Waals surface area contributed by atoms with E-state index in [9.17, 15) is 0 Å². The van der Waals surface area contributed by atoms with Gasteiger partial charge in [-0.1, -0.05) is 41.9 Å². The number of benzene rings is 2. The normalized spacial score (nSPS) is 10.7. The number of nitrogens with two attached hydrogens (primary N) is 1. The summed E-state index contributed by atoms with van der Waals surface area (Å²) in [6.45, 7) is 0. The van der Waals surface area contributed by atoms with Crippen molar-refractivity contribution in [3.63, 3.8) is 0 Å². The Balaban J connectivity index is 1.66. The van der Waals surface area contributed by atoms with Crippen molar-refractivity contribution < 1.29 is 4.74 Å². The first-order chi connectivity index (χ1) is 13.2. The number of nitrogens with zero attached hydrogens (tertiary/aromatic N) is 3. The van der Waals surface area contributed by atoms with Crippen molar-refractivity contribution in [2.75, 3.05) is 12.8 Å². The number of hydrogen-bond donors (Lipinski definition) is 2. The van der Waals surface area contributed by atoms with Crippen LogP contribution in [-0.2, 0) is 0 Å². The third-order valence-corrected chi connectivity index (χ3v) is 4.49. The molecule has 2 aromatic heterocycles. The largest absolute Gasteiger partial charge is 0.496 e. The number of rotatable bonds is 4. The summed E-state index contributed by atoms with van der Waals surface area (Å²) in [6.07, 6.45) is 1.77. The van der Waals surface area contributed by atoms with Crippen molar-refractivity contribution in [3.05, 3.63) is 65.8 Å². The maximum Gasteiger partial charge on any atom is 0.181 e. The number of nitrogens with one attached hydrogen (secondary N) is 1. The Hall–Kier alpha value is -3.38. The molecule has 0 unspecified atom stereocenters. The molecule has 0 spiro atoms. The summed E-state index contributed by atoms with van der Waals surface area (Å²) in [4.78, 5) is 8.93. The lowest BCUT2D eigenvalue weighted by Crippen LogP contribution is -1.94. The average Bonchev–Trinajstić information content (AvgIpc) is 3.20. The average molecular weight is 378 g/mol. The second kappa shape index (κ2) is 7.09. The summed E-state index contributed by atoms with van der Waals surface area (Å²) in [6, 6.07) is 17.1. The second-order valence-electron chi connectivity index (χ2n) is 5.87. The minimum Gasteiger partial charge on any atom is -0.496 e. The molecule has 27 heavy (non-hydrogen) atoms. The highest BCUT2D eigenvalue weighted by atomic mass is 35.5. The van der Waals surface area contributed by atoms with E-state index in [2.05, 4.69) is 20.2 Å². The van der Waals surface area contributed by atoms with Crippen LogP contribution in [0.3, 0.4) is 0 Å². The standard InChI is InChI=1S/C20H16ClN5O/c1-27-18-11-16(22)15(21)10-14(18)20-24-19(25-26-20)13-7-5-12(6-8-13)17-4-2-3-9-23-17/h2-11H,22H2,1H3,(H,24,25,26). The zero-order chi connectivity index (χ0) is 18.8. The first-order valence-electron chi connectivity index (χ1n) is 8.23. The molecule has 0 bridgehead atoms. The Labute approximate surface area is 161 Å². The molecule has 4 aromatic rings. The van der Waals surface area contributed by atoms with Crippen LogP contribution in [0.1, 0.15) is 0 Å². The summed E-state index contributed by atoms with van der Waals surface area (Å²) >= 11 is 6.14. The van der Waals surface area contributed by atoms with Crippen LogP contribution in [0, 0.1) is 0 Å². The summed E-state index contributed by atoms with van der Waals surface area (Å²) in [5.41, 5.74) is 9.81. The molecule has 6 nitrogen and oxygen atoms in total. The van der Waals surface area contributed by atoms with Crippen LogP contribution in [0.2, 0.25) is 5.02 Å². The molecule has 0 saturated heterocycles. The first-order valence-corrected chi connectivity index (χ1v) is 8.61. The number of H-pyrrole nitrogens is 1. The van der Waals surface area contributed by atoms with E-state index in [0.29, 0.717) is 33.7 Å². The topological polar surface area (TPSA) is 89.7 Å². The van der Waals surface area contributed by atoms with E-state index in [4.69, 9.17) is 22.1 Å². The molecule has 2 aromatic carbocycles. The number of halogens is 1. The number of ether oxygens (including phenoxy) is 1. The lowest BCUT2D eigenvalue weighted by molar-refractivity contribution is 0.416. The number of aromatic amines is 1. The zero-order valence-electron chi connectivity index (χ0n) is 14.5. The van der Waals surface area contributed by atoms with Crippen LogP contribution in [0.4, 0.5) is 5.69 Å². The molecule has 0 fully saturated rings. The second-order valence-corrected chi connectivity index (χ2v) is 6.28. The van der Waals surface area contributed by atoms with Gasteiger partial charge in [0.05, 0.1) is 29.1 Å². The molecule has 134 valence electrons. The van der Waals surface area contributed by atoms with Crippen LogP contribution in [0.25, 0.3) is 34.0 Å². The lowest BCUT2D eigenvalue weighted by atomic mass is 10.1. The quantitative estimate of drug-likeness (QED) is 0.513. The molecule has 0 amide bonds. The number of hydrogen-bond acceptors (Lipinski definition) is 5. The van der Waals surface area contributed by atoms with Crippen molar-refractivity contribution in [3.8, 4) is 39.8 Å². The Kier molecular flexibility index (Phi) is 4.48. The Bertz CT molecular complexity index is 1080. The van der Waals surface area contributed by atoms with Crippen LogP contribution in [0.15, 0.2) is 60.8 Å². The van der Waals surface area contributed by atoms with E-state index in [1.54, 1.807) is 25.4 Å². The van der Waals surface area contributed by atoms with Gasteiger partial charge in [0, 0.05) is 23.4 Å². The van der Waals surface area contributed by atoms with Crippen molar-refractivity contribution in [1.29, 1.82) is 0 Å². The van der Waals surface area contributed by atoms with E-state index in [0.717, 1.165) is 16.8 Å². The number of anilines is 1. The van der Waals surface area contributed by atoms with Gasteiger partial charge in [0.15, 0.2) is 11.6 Å². The predicted molar refractivity (Wildman–Crippen MR) is 106 cm³/mol. The number of aromatic nitrogens is 4. The Morgan fingerprint density at radius 2 is 1.81 bits per heavy atom. The van der Waals surface area contributed by atoms with E-state index in [1.807, 2.05) is 42.5 Å². The molecule has 7 heteroatoms. The van der Waals surface area contributed by atoms with Gasteiger partial charge in [-0.05, 0) is 18.2 Å². The van der Waals surface area contributed by atoms with E-state index in [-0.39, 0.29) is 0 Å². The minimum atomic E-state index is 0.434. The monoisotopic (exact) mass is 377 g/mol. The fraction of sp³-hybridized carbons (Fsp3) is 0.0500. The Morgan fingerprint density at radius 3 is 2.52 bits per heavy atom. The highest BCUT2D eigenvalue weighted by Crippen LogP contribution is 2.35. The fourth-order valence-corrected chi connectivity index (χ4v) is 2.92. The van der Waals surface area contributed by atoms with Gasteiger partial charge < -0.3 is 10.5 Å². The van der Waals surface area contributed by atoms with Gasteiger partial charge in [-0.15, -0.1) is 0 Å². The highest BCUT2D eigenvalue weighted by Gasteiger charge is 2.14. The van der Waals surface area contributed by atoms with Gasteiger partial charge in [0.1, 0.15) is 5.75 Å². The lowest BCUT2D eigenvalue weighted by Gasteiger charge is -2.08. The van der Waals surface area contributed by atoms with Crippen molar-refractivity contribution in [2.24, 2.45) is 0 Å². The first kappa shape index (κ1) is 17.1. The number of nitrogen functional groups attached to an aromatic ring is 1. The van der Waals surface area contributed by atoms with Crippen LogP contribution < -0.4 is 10.5 Å². The molecule has 0 aliphatic carbocycles. The molecular formula is C20H16ClN5O.